The average Bonchev–Trinajstić information content (AvgIpc) is 3.02. The van der Waals surface area contributed by atoms with Gasteiger partial charge in [-0.15, -0.1) is 11.3 Å². The summed E-state index contributed by atoms with van der Waals surface area (Å²) in [6, 6.07) is 13.9. The maximum Gasteiger partial charge on any atom is 0.264 e. The topological polar surface area (TPSA) is 51.2 Å². The highest BCUT2D eigenvalue weighted by Gasteiger charge is 2.14. The molecule has 1 N–H and O–H groups in total. The van der Waals surface area contributed by atoms with Gasteiger partial charge in [-0.3, -0.25) is 10.1 Å². The molecule has 0 fully saturated rings. The molecule has 0 aliphatic rings. The molecule has 1 heterocycles. The van der Waals surface area contributed by atoms with Crippen molar-refractivity contribution in [1.82, 2.24) is 4.98 Å². The van der Waals surface area contributed by atoms with Crippen LogP contribution in [0.4, 0.5) is 5.13 Å². The van der Waals surface area contributed by atoms with Gasteiger partial charge in [-0.25, -0.2) is 4.98 Å². The van der Waals surface area contributed by atoms with Gasteiger partial charge in [0.1, 0.15) is 5.75 Å². The quantitative estimate of drug-likeness (QED) is 0.524. The number of aromatic nitrogens is 1. The van der Waals surface area contributed by atoms with Crippen molar-refractivity contribution in [3.8, 4) is 17.0 Å². The van der Waals surface area contributed by atoms with E-state index >= 15 is 0 Å². The molecule has 0 bridgehead atoms. The molecule has 1 amide bonds. The summed E-state index contributed by atoms with van der Waals surface area (Å²) in [6.07, 6.45) is 0.859. The highest BCUT2D eigenvalue weighted by molar-refractivity contribution is 9.10. The number of hydrogen-bond donors (Lipinski definition) is 1. The fourth-order valence-corrected chi connectivity index (χ4v) is 4.00. The zero-order chi connectivity index (χ0) is 19.4. The Balaban J connectivity index is 1.68. The predicted octanol–water partition coefficient (Wildman–Crippen LogP) is 5.77. The van der Waals surface area contributed by atoms with Crippen molar-refractivity contribution in [3.05, 3.63) is 62.9 Å². The molecule has 0 saturated heterocycles. The van der Waals surface area contributed by atoms with Gasteiger partial charge >= 0.3 is 0 Å². The molecule has 0 aliphatic carbocycles. The SMILES string of the molecule is CCc1sc(NC(=O)COc2cc(C)cc(C)c2)nc1-c1ccc(Br)cc1. The molecular formula is C21H21BrN2O2S. The van der Waals surface area contributed by atoms with E-state index < -0.39 is 0 Å². The Morgan fingerprint density at radius 3 is 2.44 bits per heavy atom. The van der Waals surface area contributed by atoms with Gasteiger partial charge < -0.3 is 4.74 Å². The Morgan fingerprint density at radius 1 is 1.15 bits per heavy atom. The number of aryl methyl sites for hydroxylation is 3. The third-order valence-electron chi connectivity index (χ3n) is 3.95. The van der Waals surface area contributed by atoms with Crippen LogP contribution in [-0.4, -0.2) is 17.5 Å². The van der Waals surface area contributed by atoms with Gasteiger partial charge in [0.05, 0.1) is 5.69 Å². The number of hydrogen-bond acceptors (Lipinski definition) is 4. The highest BCUT2D eigenvalue weighted by atomic mass is 79.9. The molecule has 0 unspecified atom stereocenters. The molecule has 0 atom stereocenters. The minimum absolute atomic E-state index is 0.0441. The van der Waals surface area contributed by atoms with E-state index in [1.807, 2.05) is 50.2 Å². The van der Waals surface area contributed by atoms with Crippen LogP contribution in [0, 0.1) is 13.8 Å². The number of anilines is 1. The summed E-state index contributed by atoms with van der Waals surface area (Å²) in [4.78, 5) is 18.0. The van der Waals surface area contributed by atoms with Crippen LogP contribution < -0.4 is 10.1 Å². The summed E-state index contributed by atoms with van der Waals surface area (Å²) in [5.41, 5.74) is 4.17. The molecule has 3 rings (SSSR count). The van der Waals surface area contributed by atoms with Crippen LogP contribution >= 0.6 is 27.3 Å². The predicted molar refractivity (Wildman–Crippen MR) is 115 cm³/mol. The lowest BCUT2D eigenvalue weighted by Crippen LogP contribution is -2.20. The number of rotatable bonds is 6. The molecule has 1 aromatic heterocycles. The monoisotopic (exact) mass is 444 g/mol. The number of carbonyl (C=O) groups excluding carboxylic acids is 1. The lowest BCUT2D eigenvalue weighted by Gasteiger charge is -2.07. The van der Waals surface area contributed by atoms with Crippen molar-refractivity contribution in [1.29, 1.82) is 0 Å². The van der Waals surface area contributed by atoms with Crippen LogP contribution in [0.3, 0.4) is 0 Å². The number of nitrogens with zero attached hydrogens (tertiary/aromatic N) is 1. The van der Waals surface area contributed by atoms with Gasteiger partial charge in [0.25, 0.3) is 5.91 Å². The fourth-order valence-electron chi connectivity index (χ4n) is 2.80. The van der Waals surface area contributed by atoms with Crippen LogP contribution in [0.5, 0.6) is 5.75 Å². The number of amides is 1. The number of ether oxygens (including phenoxy) is 1. The van der Waals surface area contributed by atoms with Gasteiger partial charge in [-0.2, -0.15) is 0 Å². The van der Waals surface area contributed by atoms with E-state index in [0.717, 1.165) is 38.2 Å². The van der Waals surface area contributed by atoms with E-state index in [4.69, 9.17) is 4.74 Å². The molecule has 0 saturated carbocycles. The first-order chi connectivity index (χ1) is 12.9. The van der Waals surface area contributed by atoms with Crippen molar-refractivity contribution >= 4 is 38.3 Å². The van der Waals surface area contributed by atoms with E-state index in [9.17, 15) is 4.79 Å². The molecule has 140 valence electrons. The molecule has 3 aromatic rings. The van der Waals surface area contributed by atoms with Crippen molar-refractivity contribution in [2.75, 3.05) is 11.9 Å². The first kappa shape index (κ1) is 19.6. The number of carbonyl (C=O) groups is 1. The summed E-state index contributed by atoms with van der Waals surface area (Å²) in [5.74, 6) is 0.486. The minimum Gasteiger partial charge on any atom is -0.484 e. The Bertz CT molecular complexity index is 931. The average molecular weight is 445 g/mol. The van der Waals surface area contributed by atoms with Crippen molar-refractivity contribution in [3.63, 3.8) is 0 Å². The molecular weight excluding hydrogens is 424 g/mol. The maximum absolute atomic E-state index is 12.3. The summed E-state index contributed by atoms with van der Waals surface area (Å²) < 4.78 is 6.65. The summed E-state index contributed by atoms with van der Waals surface area (Å²) in [5, 5.41) is 3.45. The molecule has 4 nitrogen and oxygen atoms in total. The smallest absolute Gasteiger partial charge is 0.264 e. The fraction of sp³-hybridized carbons (Fsp3) is 0.238. The van der Waals surface area contributed by atoms with Gasteiger partial charge in [-0.05, 0) is 55.7 Å². The highest BCUT2D eigenvalue weighted by Crippen LogP contribution is 2.32. The minimum atomic E-state index is -0.215. The second-order valence-electron chi connectivity index (χ2n) is 6.31. The van der Waals surface area contributed by atoms with Crippen LogP contribution in [0.15, 0.2) is 46.9 Å². The Morgan fingerprint density at radius 2 is 1.81 bits per heavy atom. The number of benzene rings is 2. The van der Waals surface area contributed by atoms with E-state index in [0.29, 0.717) is 10.9 Å². The second kappa shape index (κ2) is 8.67. The Labute approximate surface area is 171 Å². The lowest BCUT2D eigenvalue weighted by atomic mass is 10.1. The normalized spacial score (nSPS) is 10.7. The standard InChI is InChI=1S/C21H21BrN2O2S/c1-4-18-20(15-5-7-16(22)8-6-15)24-21(27-18)23-19(25)12-26-17-10-13(2)9-14(3)11-17/h5-11H,4,12H2,1-3H3,(H,23,24,25). The lowest BCUT2D eigenvalue weighted by molar-refractivity contribution is -0.118. The van der Waals surface area contributed by atoms with E-state index in [2.05, 4.69) is 39.2 Å². The van der Waals surface area contributed by atoms with Gasteiger partial charge in [0.15, 0.2) is 11.7 Å². The summed E-state index contributed by atoms with van der Waals surface area (Å²) in [6.45, 7) is 6.05. The van der Waals surface area contributed by atoms with Gasteiger partial charge in [-0.1, -0.05) is 41.1 Å². The zero-order valence-corrected chi connectivity index (χ0v) is 17.9. The largest absolute Gasteiger partial charge is 0.484 e. The van der Waals surface area contributed by atoms with E-state index in [1.165, 1.54) is 11.3 Å². The van der Waals surface area contributed by atoms with Crippen molar-refractivity contribution in [2.24, 2.45) is 0 Å². The van der Waals surface area contributed by atoms with E-state index in [-0.39, 0.29) is 12.5 Å². The summed E-state index contributed by atoms with van der Waals surface area (Å²) in [7, 11) is 0. The van der Waals surface area contributed by atoms with Crippen LogP contribution in [0.25, 0.3) is 11.3 Å². The van der Waals surface area contributed by atoms with Gasteiger partial charge in [0.2, 0.25) is 0 Å². The number of nitrogens with one attached hydrogen (secondary N) is 1. The third kappa shape index (κ3) is 5.17. The molecule has 0 aliphatic heterocycles. The number of thiazole rings is 1. The maximum atomic E-state index is 12.3. The number of halogens is 1. The van der Waals surface area contributed by atoms with Crippen LogP contribution in [0.2, 0.25) is 0 Å². The van der Waals surface area contributed by atoms with E-state index in [1.54, 1.807) is 0 Å². The van der Waals surface area contributed by atoms with Crippen LogP contribution in [0.1, 0.15) is 22.9 Å². The van der Waals surface area contributed by atoms with Crippen LogP contribution in [-0.2, 0) is 11.2 Å². The second-order valence-corrected chi connectivity index (χ2v) is 8.31. The molecule has 0 spiro atoms. The molecule has 0 radical (unpaired) electrons. The molecule has 27 heavy (non-hydrogen) atoms. The third-order valence-corrected chi connectivity index (χ3v) is 5.59. The Kier molecular flexibility index (Phi) is 6.29. The first-order valence-corrected chi connectivity index (χ1v) is 10.3. The first-order valence-electron chi connectivity index (χ1n) is 8.71. The zero-order valence-electron chi connectivity index (χ0n) is 15.5. The van der Waals surface area contributed by atoms with Gasteiger partial charge in [0, 0.05) is 14.9 Å². The van der Waals surface area contributed by atoms with Crippen molar-refractivity contribution in [2.45, 2.75) is 27.2 Å². The Hall–Kier alpha value is -2.18. The summed E-state index contributed by atoms with van der Waals surface area (Å²) >= 11 is 4.95. The molecule has 2 aromatic carbocycles. The van der Waals surface area contributed by atoms with Crippen molar-refractivity contribution < 1.29 is 9.53 Å². The molecule has 6 heteroatoms.